The zero-order chi connectivity index (χ0) is 7.40. The van der Waals surface area contributed by atoms with Gasteiger partial charge in [-0.2, -0.15) is 0 Å². The summed E-state index contributed by atoms with van der Waals surface area (Å²) in [6.45, 7) is 1.55. The van der Waals surface area contributed by atoms with Gasteiger partial charge in [-0.15, -0.1) is 5.76 Å². The maximum absolute atomic E-state index is 10.6. The second kappa shape index (κ2) is 5.07. The third-order valence-corrected chi connectivity index (χ3v) is 1.17. The van der Waals surface area contributed by atoms with E-state index in [2.05, 4.69) is 0 Å². The number of benzene rings is 1. The molecule has 0 bridgehead atoms. The molecule has 0 aliphatic carbocycles. The van der Waals surface area contributed by atoms with Crippen molar-refractivity contribution in [3.63, 3.8) is 0 Å². The SMILES string of the molecule is C/C([O-])=C/c1ccccc1.[Li+]. The van der Waals surface area contributed by atoms with Gasteiger partial charge in [-0.3, -0.25) is 0 Å². The molecule has 2 heteroatoms. The fourth-order valence-corrected chi connectivity index (χ4v) is 0.784. The van der Waals surface area contributed by atoms with Gasteiger partial charge in [-0.25, -0.2) is 0 Å². The first-order chi connectivity index (χ1) is 4.79. The summed E-state index contributed by atoms with van der Waals surface area (Å²) in [5.41, 5.74) is 0.968. The Morgan fingerprint density at radius 2 is 1.82 bits per heavy atom. The molecule has 0 spiro atoms. The molecule has 1 rings (SSSR count). The van der Waals surface area contributed by atoms with Gasteiger partial charge >= 0.3 is 18.9 Å². The van der Waals surface area contributed by atoms with E-state index in [0.717, 1.165) is 5.56 Å². The van der Waals surface area contributed by atoms with E-state index in [1.54, 1.807) is 13.0 Å². The van der Waals surface area contributed by atoms with Crippen molar-refractivity contribution >= 4 is 6.08 Å². The first-order valence-electron chi connectivity index (χ1n) is 3.19. The van der Waals surface area contributed by atoms with Crippen molar-refractivity contribution in [2.75, 3.05) is 0 Å². The number of hydrogen-bond donors (Lipinski definition) is 0. The Labute approximate surface area is 78.9 Å². The Kier molecular flexibility index (Phi) is 4.77. The van der Waals surface area contributed by atoms with Crippen molar-refractivity contribution in [3.05, 3.63) is 41.7 Å². The molecule has 1 aromatic carbocycles. The zero-order valence-electron chi connectivity index (χ0n) is 6.87. The van der Waals surface area contributed by atoms with E-state index < -0.39 is 0 Å². The van der Waals surface area contributed by atoms with Crippen LogP contribution < -0.4 is 24.0 Å². The van der Waals surface area contributed by atoms with Crippen LogP contribution in [0.3, 0.4) is 0 Å². The van der Waals surface area contributed by atoms with E-state index in [1.165, 1.54) is 0 Å². The molecule has 0 saturated heterocycles. The van der Waals surface area contributed by atoms with Crippen molar-refractivity contribution in [3.8, 4) is 0 Å². The summed E-state index contributed by atoms with van der Waals surface area (Å²) in [5, 5.41) is 10.6. The monoisotopic (exact) mass is 140 g/mol. The van der Waals surface area contributed by atoms with E-state index in [1.807, 2.05) is 30.3 Å². The number of allylic oxidation sites excluding steroid dienone is 1. The fourth-order valence-electron chi connectivity index (χ4n) is 0.784. The van der Waals surface area contributed by atoms with Gasteiger partial charge in [0.2, 0.25) is 0 Å². The van der Waals surface area contributed by atoms with Gasteiger partial charge in [0, 0.05) is 0 Å². The first kappa shape index (κ1) is 10.4. The average molecular weight is 140 g/mol. The molecule has 0 amide bonds. The van der Waals surface area contributed by atoms with E-state index in [0.29, 0.717) is 0 Å². The van der Waals surface area contributed by atoms with E-state index >= 15 is 0 Å². The predicted molar refractivity (Wildman–Crippen MR) is 40.1 cm³/mol. The van der Waals surface area contributed by atoms with Crippen LogP contribution in [0.5, 0.6) is 0 Å². The summed E-state index contributed by atoms with van der Waals surface area (Å²) in [6, 6.07) is 9.56. The maximum atomic E-state index is 10.6. The predicted octanol–water partition coefficient (Wildman–Crippen LogP) is -1.59. The molecular weight excluding hydrogens is 131 g/mol. The molecule has 1 nitrogen and oxygen atoms in total. The Morgan fingerprint density at radius 1 is 1.27 bits per heavy atom. The van der Waals surface area contributed by atoms with Crippen LogP contribution in [0.15, 0.2) is 36.1 Å². The van der Waals surface area contributed by atoms with Crippen molar-refractivity contribution in [1.29, 1.82) is 0 Å². The van der Waals surface area contributed by atoms with Crippen molar-refractivity contribution in [2.24, 2.45) is 0 Å². The van der Waals surface area contributed by atoms with Gasteiger partial charge in [-0.05, 0) is 5.56 Å². The third kappa shape index (κ3) is 3.93. The van der Waals surface area contributed by atoms with Crippen LogP contribution in [0.4, 0.5) is 0 Å². The Hall–Kier alpha value is -0.643. The Morgan fingerprint density at radius 3 is 2.27 bits per heavy atom. The van der Waals surface area contributed by atoms with Crippen LogP contribution >= 0.6 is 0 Å². The van der Waals surface area contributed by atoms with E-state index in [4.69, 9.17) is 0 Å². The van der Waals surface area contributed by atoms with Crippen LogP contribution in [0.1, 0.15) is 12.5 Å². The third-order valence-electron chi connectivity index (χ3n) is 1.17. The molecule has 0 aliphatic rings. The van der Waals surface area contributed by atoms with Crippen LogP contribution in [0.25, 0.3) is 6.08 Å². The minimum Gasteiger partial charge on any atom is -0.876 e. The van der Waals surface area contributed by atoms with Crippen LogP contribution in [-0.4, -0.2) is 0 Å². The van der Waals surface area contributed by atoms with Crippen molar-refractivity contribution in [2.45, 2.75) is 6.92 Å². The van der Waals surface area contributed by atoms with Crippen molar-refractivity contribution in [1.82, 2.24) is 0 Å². The van der Waals surface area contributed by atoms with Gasteiger partial charge < -0.3 is 5.11 Å². The molecule has 0 N–H and O–H groups in total. The summed E-state index contributed by atoms with van der Waals surface area (Å²) in [4.78, 5) is 0. The quantitative estimate of drug-likeness (QED) is 0.341. The molecule has 52 valence electrons. The van der Waals surface area contributed by atoms with E-state index in [9.17, 15) is 5.11 Å². The molecule has 0 fully saturated rings. The second-order valence-electron chi connectivity index (χ2n) is 2.17. The van der Waals surface area contributed by atoms with Gasteiger partial charge in [0.1, 0.15) is 0 Å². The molecule has 0 aliphatic heterocycles. The molecule has 0 radical (unpaired) electrons. The summed E-state index contributed by atoms with van der Waals surface area (Å²) >= 11 is 0. The van der Waals surface area contributed by atoms with Crippen LogP contribution in [0.2, 0.25) is 0 Å². The molecule has 0 unspecified atom stereocenters. The summed E-state index contributed by atoms with van der Waals surface area (Å²) in [6.07, 6.45) is 1.61. The van der Waals surface area contributed by atoms with Crippen molar-refractivity contribution < 1.29 is 24.0 Å². The van der Waals surface area contributed by atoms with Gasteiger partial charge in [0.25, 0.3) is 0 Å². The Balaban J connectivity index is 0.000001000. The van der Waals surface area contributed by atoms with E-state index in [-0.39, 0.29) is 24.6 Å². The van der Waals surface area contributed by atoms with Gasteiger partial charge in [0.15, 0.2) is 0 Å². The standard InChI is InChI=1S/C9H10O.Li/c1-8(10)7-9-5-3-2-4-6-9;/h2-7,10H,1H3;/q;+1/p-1/b8-7-;. The van der Waals surface area contributed by atoms with Crippen LogP contribution in [-0.2, 0) is 0 Å². The first-order valence-corrected chi connectivity index (χ1v) is 3.19. The van der Waals surface area contributed by atoms with Gasteiger partial charge in [0.05, 0.1) is 0 Å². The molecule has 0 atom stereocenters. The average Bonchev–Trinajstić information content (AvgIpc) is 1.88. The normalized spacial score (nSPS) is 10.5. The largest absolute Gasteiger partial charge is 1.00 e. The van der Waals surface area contributed by atoms with Gasteiger partial charge in [-0.1, -0.05) is 43.3 Å². The minimum atomic E-state index is 0. The topological polar surface area (TPSA) is 23.1 Å². The summed E-state index contributed by atoms with van der Waals surface area (Å²) < 4.78 is 0. The summed E-state index contributed by atoms with van der Waals surface area (Å²) in [7, 11) is 0. The fraction of sp³-hybridized carbons (Fsp3) is 0.111. The van der Waals surface area contributed by atoms with Crippen LogP contribution in [0, 0.1) is 0 Å². The smallest absolute Gasteiger partial charge is 0.876 e. The molecule has 1 aromatic rings. The minimum absolute atomic E-state index is 0. The molecule has 11 heavy (non-hydrogen) atoms. The zero-order valence-corrected chi connectivity index (χ0v) is 6.87. The number of hydrogen-bond acceptors (Lipinski definition) is 1. The number of rotatable bonds is 1. The molecular formula is C9H9LiO. The Bertz CT molecular complexity index is 225. The molecule has 0 aromatic heterocycles. The second-order valence-corrected chi connectivity index (χ2v) is 2.17. The summed E-state index contributed by atoms with van der Waals surface area (Å²) in [5.74, 6) is 0.0891. The maximum Gasteiger partial charge on any atom is 1.00 e. The molecule has 0 saturated carbocycles. The molecule has 0 heterocycles.